The zero-order valence-electron chi connectivity index (χ0n) is 12.1. The third kappa shape index (κ3) is 2.93. The third-order valence-corrected chi connectivity index (χ3v) is 4.78. The highest BCUT2D eigenvalue weighted by atomic mass is 19.1. The van der Waals surface area contributed by atoms with Crippen molar-refractivity contribution in [1.29, 1.82) is 0 Å². The molecule has 1 unspecified atom stereocenters. The molecule has 0 radical (unpaired) electrons. The summed E-state index contributed by atoms with van der Waals surface area (Å²) >= 11 is 0. The second-order valence-corrected chi connectivity index (χ2v) is 6.24. The van der Waals surface area contributed by atoms with Crippen LogP contribution in [0.15, 0.2) is 12.1 Å². The highest BCUT2D eigenvalue weighted by molar-refractivity contribution is 5.94. The molecular weight excluding hydrogens is 274 g/mol. The number of carbonyl (C=O) groups excluding carboxylic acids is 1. The average Bonchev–Trinajstić information content (AvgIpc) is 2.90. The topological polar surface area (TPSA) is 41.1 Å². The maximum Gasteiger partial charge on any atom is 0.254 e. The smallest absolute Gasteiger partial charge is 0.254 e. The van der Waals surface area contributed by atoms with Crippen molar-refractivity contribution in [2.24, 2.45) is 11.8 Å². The summed E-state index contributed by atoms with van der Waals surface area (Å²) in [5.74, 6) is -0.551. The van der Waals surface area contributed by atoms with Crippen LogP contribution in [-0.2, 0) is 0 Å². The van der Waals surface area contributed by atoms with E-state index in [1.807, 2.05) is 0 Å². The standard InChI is InChI=1S/C16H20F2N2O/c1-9-4-13(15(18)6-14(9)17)16(21)20-12-3-2-10-7-19-8-11(10)5-12/h4,6,10-12,19H,2-3,5,7-8H2,1H3,(H,20,21)/t10-,11+,12?/m0/s1. The molecule has 1 heterocycles. The number of hydrogen-bond donors (Lipinski definition) is 2. The lowest BCUT2D eigenvalue weighted by Crippen LogP contribution is -2.41. The van der Waals surface area contributed by atoms with E-state index in [-0.39, 0.29) is 17.2 Å². The fraction of sp³-hybridized carbons (Fsp3) is 0.562. The predicted octanol–water partition coefficient (Wildman–Crippen LogP) is 2.39. The van der Waals surface area contributed by atoms with E-state index in [2.05, 4.69) is 10.6 Å². The van der Waals surface area contributed by atoms with Crippen molar-refractivity contribution in [2.45, 2.75) is 32.2 Å². The van der Waals surface area contributed by atoms with E-state index in [0.717, 1.165) is 38.4 Å². The number of benzene rings is 1. The Hall–Kier alpha value is -1.49. The first-order valence-corrected chi connectivity index (χ1v) is 7.52. The molecule has 1 saturated heterocycles. The van der Waals surface area contributed by atoms with Crippen LogP contribution in [0.2, 0.25) is 0 Å². The lowest BCUT2D eigenvalue weighted by atomic mass is 9.79. The van der Waals surface area contributed by atoms with Gasteiger partial charge in [-0.15, -0.1) is 0 Å². The van der Waals surface area contributed by atoms with E-state index in [9.17, 15) is 13.6 Å². The number of amides is 1. The normalized spacial score (nSPS) is 28.2. The minimum Gasteiger partial charge on any atom is -0.349 e. The molecule has 3 atom stereocenters. The molecule has 1 aromatic carbocycles. The summed E-state index contributed by atoms with van der Waals surface area (Å²) in [6, 6.07) is 2.15. The first kappa shape index (κ1) is 14.4. The SMILES string of the molecule is Cc1cc(C(=O)NC2CC[C@H]3CNC[C@H]3C2)c(F)cc1F. The molecular formula is C16H20F2N2O. The van der Waals surface area contributed by atoms with E-state index < -0.39 is 17.5 Å². The molecule has 21 heavy (non-hydrogen) atoms. The number of nitrogens with one attached hydrogen (secondary N) is 2. The maximum absolute atomic E-state index is 13.7. The molecule has 2 aliphatic rings. The van der Waals surface area contributed by atoms with E-state index in [1.54, 1.807) is 0 Å². The predicted molar refractivity (Wildman–Crippen MR) is 76.0 cm³/mol. The van der Waals surface area contributed by atoms with Crippen molar-refractivity contribution in [3.63, 3.8) is 0 Å². The van der Waals surface area contributed by atoms with Crippen molar-refractivity contribution in [3.05, 3.63) is 34.9 Å². The Balaban J connectivity index is 1.68. The summed E-state index contributed by atoms with van der Waals surface area (Å²) in [4.78, 5) is 12.2. The average molecular weight is 294 g/mol. The van der Waals surface area contributed by atoms with Crippen LogP contribution in [0, 0.1) is 30.4 Å². The molecule has 1 aliphatic heterocycles. The van der Waals surface area contributed by atoms with Crippen LogP contribution < -0.4 is 10.6 Å². The lowest BCUT2D eigenvalue weighted by Gasteiger charge is -2.31. The molecule has 5 heteroatoms. The van der Waals surface area contributed by atoms with Crippen LogP contribution in [0.5, 0.6) is 0 Å². The van der Waals surface area contributed by atoms with Gasteiger partial charge in [0.15, 0.2) is 0 Å². The molecule has 1 aliphatic carbocycles. The molecule has 0 aromatic heterocycles. The van der Waals surface area contributed by atoms with Gasteiger partial charge in [-0.25, -0.2) is 8.78 Å². The van der Waals surface area contributed by atoms with Crippen LogP contribution >= 0.6 is 0 Å². The van der Waals surface area contributed by atoms with Gasteiger partial charge >= 0.3 is 0 Å². The van der Waals surface area contributed by atoms with E-state index in [4.69, 9.17) is 0 Å². The minimum atomic E-state index is -0.799. The Morgan fingerprint density at radius 2 is 1.95 bits per heavy atom. The highest BCUT2D eigenvalue weighted by Crippen LogP contribution is 2.32. The van der Waals surface area contributed by atoms with E-state index >= 15 is 0 Å². The molecule has 2 fully saturated rings. The summed E-state index contributed by atoms with van der Waals surface area (Å²) in [5, 5.41) is 6.28. The number of rotatable bonds is 2. The summed E-state index contributed by atoms with van der Waals surface area (Å²) in [7, 11) is 0. The third-order valence-electron chi connectivity index (χ3n) is 4.78. The van der Waals surface area contributed by atoms with Gasteiger partial charge in [0.2, 0.25) is 0 Å². The van der Waals surface area contributed by atoms with Crippen molar-refractivity contribution in [3.8, 4) is 0 Å². The lowest BCUT2D eigenvalue weighted by molar-refractivity contribution is 0.0909. The van der Waals surface area contributed by atoms with E-state index in [0.29, 0.717) is 11.8 Å². The van der Waals surface area contributed by atoms with Gasteiger partial charge in [0.1, 0.15) is 11.6 Å². The minimum absolute atomic E-state index is 0.0689. The Morgan fingerprint density at radius 1 is 1.19 bits per heavy atom. The van der Waals surface area contributed by atoms with Gasteiger partial charge in [-0.05, 0) is 62.7 Å². The first-order valence-electron chi connectivity index (χ1n) is 7.52. The van der Waals surface area contributed by atoms with Crippen LogP contribution in [-0.4, -0.2) is 25.0 Å². The maximum atomic E-state index is 13.7. The van der Waals surface area contributed by atoms with Gasteiger partial charge < -0.3 is 10.6 Å². The monoisotopic (exact) mass is 294 g/mol. The fourth-order valence-corrected chi connectivity index (χ4v) is 3.53. The molecule has 1 saturated carbocycles. The zero-order valence-corrected chi connectivity index (χ0v) is 12.1. The summed E-state index contributed by atoms with van der Waals surface area (Å²) in [6.45, 7) is 3.60. The van der Waals surface area contributed by atoms with Gasteiger partial charge in [-0.1, -0.05) is 0 Å². The molecule has 3 rings (SSSR count). The van der Waals surface area contributed by atoms with Gasteiger partial charge in [-0.2, -0.15) is 0 Å². The van der Waals surface area contributed by atoms with Gasteiger partial charge in [0.25, 0.3) is 5.91 Å². The quantitative estimate of drug-likeness (QED) is 0.879. The molecule has 0 bridgehead atoms. The Bertz CT molecular complexity index is 561. The van der Waals surface area contributed by atoms with Crippen molar-refractivity contribution in [2.75, 3.05) is 13.1 Å². The molecule has 3 nitrogen and oxygen atoms in total. The van der Waals surface area contributed by atoms with Crippen molar-refractivity contribution >= 4 is 5.91 Å². The molecule has 2 N–H and O–H groups in total. The number of carbonyl (C=O) groups is 1. The second-order valence-electron chi connectivity index (χ2n) is 6.24. The van der Waals surface area contributed by atoms with Crippen molar-refractivity contribution in [1.82, 2.24) is 10.6 Å². The Kier molecular flexibility index (Phi) is 3.93. The summed E-state index contributed by atoms with van der Waals surface area (Å²) in [6.07, 6.45) is 2.95. The van der Waals surface area contributed by atoms with Crippen LogP contribution in [0.25, 0.3) is 0 Å². The molecule has 0 spiro atoms. The molecule has 1 amide bonds. The van der Waals surface area contributed by atoms with Gasteiger partial charge in [-0.3, -0.25) is 4.79 Å². The summed E-state index contributed by atoms with van der Waals surface area (Å²) < 4.78 is 27.0. The fourth-order valence-electron chi connectivity index (χ4n) is 3.53. The van der Waals surface area contributed by atoms with E-state index in [1.165, 1.54) is 13.0 Å². The number of halogens is 2. The Labute approximate surface area is 123 Å². The number of hydrogen-bond acceptors (Lipinski definition) is 2. The van der Waals surface area contributed by atoms with Crippen LogP contribution in [0.3, 0.4) is 0 Å². The summed E-state index contributed by atoms with van der Waals surface area (Å²) in [5.41, 5.74) is 0.214. The van der Waals surface area contributed by atoms with Crippen LogP contribution in [0.1, 0.15) is 35.2 Å². The van der Waals surface area contributed by atoms with Gasteiger partial charge in [0.05, 0.1) is 5.56 Å². The Morgan fingerprint density at radius 3 is 2.76 bits per heavy atom. The largest absolute Gasteiger partial charge is 0.349 e. The zero-order chi connectivity index (χ0) is 15.0. The molecule has 114 valence electrons. The van der Waals surface area contributed by atoms with Gasteiger partial charge in [0, 0.05) is 12.1 Å². The number of fused-ring (bicyclic) bond motifs is 1. The second kappa shape index (κ2) is 5.72. The van der Waals surface area contributed by atoms with Crippen LogP contribution in [0.4, 0.5) is 8.78 Å². The van der Waals surface area contributed by atoms with Crippen molar-refractivity contribution < 1.29 is 13.6 Å². The number of aryl methyl sites for hydroxylation is 1. The first-order chi connectivity index (χ1) is 10.0. The highest BCUT2D eigenvalue weighted by Gasteiger charge is 2.34. The molecule has 1 aromatic rings.